The van der Waals surface area contributed by atoms with Gasteiger partial charge in [0, 0.05) is 19.6 Å². The molecule has 2 N–H and O–H groups in total. The van der Waals surface area contributed by atoms with E-state index < -0.39 is 6.04 Å². The number of hydrogen-bond donors (Lipinski definition) is 1. The van der Waals surface area contributed by atoms with Gasteiger partial charge in [-0.25, -0.2) is 0 Å². The maximum absolute atomic E-state index is 12.6. The van der Waals surface area contributed by atoms with Gasteiger partial charge in [-0.2, -0.15) is 0 Å². The Bertz CT molecular complexity index is 419. The SMILES string of the molecule is CCC(C)[C@H](N)C(=O)N(CCN(C)C)Cc1ccccc1. The first-order valence-electron chi connectivity index (χ1n) is 7.68. The van der Waals surface area contributed by atoms with E-state index in [1.807, 2.05) is 56.3 Å². The summed E-state index contributed by atoms with van der Waals surface area (Å²) in [5.74, 6) is 0.255. The van der Waals surface area contributed by atoms with Crippen LogP contribution in [-0.4, -0.2) is 48.9 Å². The molecule has 2 atom stereocenters. The highest BCUT2D eigenvalue weighted by Crippen LogP contribution is 2.11. The summed E-state index contributed by atoms with van der Waals surface area (Å²) in [6.45, 7) is 6.27. The van der Waals surface area contributed by atoms with E-state index in [1.54, 1.807) is 0 Å². The largest absolute Gasteiger partial charge is 0.336 e. The molecule has 1 rings (SSSR count). The minimum absolute atomic E-state index is 0.0510. The van der Waals surface area contributed by atoms with E-state index in [4.69, 9.17) is 5.73 Å². The number of hydrogen-bond acceptors (Lipinski definition) is 3. The first kappa shape index (κ1) is 17.7. The maximum Gasteiger partial charge on any atom is 0.240 e. The molecule has 1 aromatic rings. The van der Waals surface area contributed by atoms with E-state index in [0.717, 1.165) is 18.5 Å². The molecule has 0 fully saturated rings. The Morgan fingerprint density at radius 2 is 1.81 bits per heavy atom. The highest BCUT2D eigenvalue weighted by Gasteiger charge is 2.25. The molecule has 0 heterocycles. The van der Waals surface area contributed by atoms with Gasteiger partial charge >= 0.3 is 0 Å². The summed E-state index contributed by atoms with van der Waals surface area (Å²) in [5, 5.41) is 0. The normalized spacial score (nSPS) is 14.0. The summed E-state index contributed by atoms with van der Waals surface area (Å²) in [6.07, 6.45) is 0.916. The Kier molecular flexibility index (Phi) is 7.40. The van der Waals surface area contributed by atoms with Gasteiger partial charge in [-0.05, 0) is 25.6 Å². The standard InChI is InChI=1S/C17H29N3O/c1-5-14(2)16(18)17(21)20(12-11-19(3)4)13-15-9-7-6-8-10-15/h6-10,14,16H,5,11-13,18H2,1-4H3/t14?,16-/m0/s1. The Labute approximate surface area is 128 Å². The van der Waals surface area contributed by atoms with Crippen LogP contribution < -0.4 is 5.73 Å². The molecule has 0 spiro atoms. The quantitative estimate of drug-likeness (QED) is 0.796. The monoisotopic (exact) mass is 291 g/mol. The molecule has 0 radical (unpaired) electrons. The van der Waals surface area contributed by atoms with Crippen LogP contribution in [0, 0.1) is 5.92 Å². The minimum atomic E-state index is -0.416. The molecule has 1 amide bonds. The molecule has 0 bridgehead atoms. The van der Waals surface area contributed by atoms with E-state index in [0.29, 0.717) is 13.1 Å². The van der Waals surface area contributed by atoms with Crippen LogP contribution in [0.4, 0.5) is 0 Å². The van der Waals surface area contributed by atoms with Crippen LogP contribution in [0.15, 0.2) is 30.3 Å². The van der Waals surface area contributed by atoms with Crippen molar-refractivity contribution >= 4 is 5.91 Å². The number of carbonyl (C=O) groups excluding carboxylic acids is 1. The lowest BCUT2D eigenvalue weighted by atomic mass is 9.98. The predicted octanol–water partition coefficient (Wildman–Crippen LogP) is 1.95. The molecule has 4 heteroatoms. The first-order valence-corrected chi connectivity index (χ1v) is 7.68. The van der Waals surface area contributed by atoms with Crippen molar-refractivity contribution in [1.82, 2.24) is 9.80 Å². The van der Waals surface area contributed by atoms with Crippen LogP contribution in [0.25, 0.3) is 0 Å². The molecule has 21 heavy (non-hydrogen) atoms. The van der Waals surface area contributed by atoms with Crippen LogP contribution in [0.2, 0.25) is 0 Å². The van der Waals surface area contributed by atoms with Crippen LogP contribution in [0.5, 0.6) is 0 Å². The molecule has 1 unspecified atom stereocenters. The molecule has 4 nitrogen and oxygen atoms in total. The summed E-state index contributed by atoms with van der Waals surface area (Å²) in [5.41, 5.74) is 7.27. The van der Waals surface area contributed by atoms with E-state index >= 15 is 0 Å². The number of amides is 1. The minimum Gasteiger partial charge on any atom is -0.336 e. The van der Waals surface area contributed by atoms with Crippen LogP contribution >= 0.6 is 0 Å². The molecular formula is C17H29N3O. The molecule has 0 aliphatic carbocycles. The Morgan fingerprint density at radius 3 is 2.33 bits per heavy atom. The average molecular weight is 291 g/mol. The van der Waals surface area contributed by atoms with E-state index in [9.17, 15) is 4.79 Å². The second kappa shape index (κ2) is 8.80. The van der Waals surface area contributed by atoms with Gasteiger partial charge in [0.2, 0.25) is 5.91 Å². The van der Waals surface area contributed by atoms with E-state index in [1.165, 1.54) is 0 Å². The fraction of sp³-hybridized carbons (Fsp3) is 0.588. The highest BCUT2D eigenvalue weighted by atomic mass is 16.2. The van der Waals surface area contributed by atoms with Gasteiger partial charge in [0.1, 0.15) is 0 Å². The second-order valence-corrected chi connectivity index (χ2v) is 5.96. The molecule has 0 saturated heterocycles. The Balaban J connectivity index is 2.78. The van der Waals surface area contributed by atoms with Crippen molar-refractivity contribution in [3.63, 3.8) is 0 Å². The molecule has 0 aromatic heterocycles. The molecule has 0 saturated carbocycles. The van der Waals surface area contributed by atoms with Crippen molar-refractivity contribution in [3.8, 4) is 0 Å². The fourth-order valence-corrected chi connectivity index (χ4v) is 2.10. The fourth-order valence-electron chi connectivity index (χ4n) is 2.10. The Hall–Kier alpha value is -1.39. The van der Waals surface area contributed by atoms with Crippen molar-refractivity contribution in [2.75, 3.05) is 27.2 Å². The summed E-state index contributed by atoms with van der Waals surface area (Å²) in [7, 11) is 4.03. The third-order valence-corrected chi connectivity index (χ3v) is 3.89. The topological polar surface area (TPSA) is 49.6 Å². The molecule has 1 aromatic carbocycles. The molecular weight excluding hydrogens is 262 g/mol. The van der Waals surface area contributed by atoms with Gasteiger partial charge in [-0.3, -0.25) is 4.79 Å². The van der Waals surface area contributed by atoms with Crippen LogP contribution in [-0.2, 0) is 11.3 Å². The smallest absolute Gasteiger partial charge is 0.240 e. The molecule has 0 aliphatic heterocycles. The number of likely N-dealkylation sites (N-methyl/N-ethyl adjacent to an activating group) is 1. The number of carbonyl (C=O) groups is 1. The van der Waals surface area contributed by atoms with Gasteiger partial charge < -0.3 is 15.5 Å². The number of nitrogens with two attached hydrogens (primary N) is 1. The third-order valence-electron chi connectivity index (χ3n) is 3.89. The zero-order valence-corrected chi connectivity index (χ0v) is 13.7. The van der Waals surface area contributed by atoms with Crippen molar-refractivity contribution in [2.45, 2.75) is 32.9 Å². The predicted molar refractivity (Wildman–Crippen MR) is 87.8 cm³/mol. The highest BCUT2D eigenvalue weighted by molar-refractivity contribution is 5.82. The number of rotatable bonds is 8. The van der Waals surface area contributed by atoms with Crippen LogP contribution in [0.1, 0.15) is 25.8 Å². The lowest BCUT2D eigenvalue weighted by molar-refractivity contribution is -0.134. The van der Waals surface area contributed by atoms with Crippen molar-refractivity contribution in [1.29, 1.82) is 0 Å². The van der Waals surface area contributed by atoms with E-state index in [2.05, 4.69) is 11.8 Å². The summed E-state index contributed by atoms with van der Waals surface area (Å²) in [6, 6.07) is 9.66. The van der Waals surface area contributed by atoms with E-state index in [-0.39, 0.29) is 11.8 Å². The van der Waals surface area contributed by atoms with Crippen LogP contribution in [0.3, 0.4) is 0 Å². The van der Waals surface area contributed by atoms with Crippen molar-refractivity contribution < 1.29 is 4.79 Å². The summed E-state index contributed by atoms with van der Waals surface area (Å²) in [4.78, 5) is 16.6. The van der Waals surface area contributed by atoms with Gasteiger partial charge in [-0.15, -0.1) is 0 Å². The maximum atomic E-state index is 12.6. The molecule has 0 aliphatic rings. The average Bonchev–Trinajstić information content (AvgIpc) is 2.50. The van der Waals surface area contributed by atoms with Gasteiger partial charge in [0.15, 0.2) is 0 Å². The Morgan fingerprint density at radius 1 is 1.19 bits per heavy atom. The first-order chi connectivity index (χ1) is 9.95. The lowest BCUT2D eigenvalue weighted by Crippen LogP contribution is -2.48. The van der Waals surface area contributed by atoms with Gasteiger partial charge in [-0.1, -0.05) is 50.6 Å². The molecule has 118 valence electrons. The lowest BCUT2D eigenvalue weighted by Gasteiger charge is -2.29. The zero-order valence-electron chi connectivity index (χ0n) is 13.7. The summed E-state index contributed by atoms with van der Waals surface area (Å²) >= 11 is 0. The summed E-state index contributed by atoms with van der Waals surface area (Å²) < 4.78 is 0. The number of benzene rings is 1. The van der Waals surface area contributed by atoms with Crippen molar-refractivity contribution in [3.05, 3.63) is 35.9 Å². The van der Waals surface area contributed by atoms with Gasteiger partial charge in [0.25, 0.3) is 0 Å². The van der Waals surface area contributed by atoms with Gasteiger partial charge in [0.05, 0.1) is 6.04 Å². The number of nitrogens with zero attached hydrogens (tertiary/aromatic N) is 2. The third kappa shape index (κ3) is 5.86. The zero-order chi connectivity index (χ0) is 15.8. The van der Waals surface area contributed by atoms with Crippen molar-refractivity contribution in [2.24, 2.45) is 11.7 Å². The second-order valence-electron chi connectivity index (χ2n) is 5.96.